The fourth-order valence-corrected chi connectivity index (χ4v) is 2.92. The van der Waals surface area contributed by atoms with Gasteiger partial charge in [-0.25, -0.2) is 4.98 Å². The van der Waals surface area contributed by atoms with Gasteiger partial charge in [0, 0.05) is 12.6 Å². The highest BCUT2D eigenvalue weighted by Gasteiger charge is 2.20. The van der Waals surface area contributed by atoms with Crippen molar-refractivity contribution in [1.29, 1.82) is 0 Å². The minimum Gasteiger partial charge on any atom is -0.316 e. The predicted octanol–water partition coefficient (Wildman–Crippen LogP) is 2.17. The number of pyridine rings is 1. The summed E-state index contributed by atoms with van der Waals surface area (Å²) in [7, 11) is 0. The van der Waals surface area contributed by atoms with E-state index >= 15 is 0 Å². The van der Waals surface area contributed by atoms with Crippen LogP contribution in [0.1, 0.15) is 11.4 Å². The molecule has 0 radical (unpaired) electrons. The lowest BCUT2D eigenvalue weighted by molar-refractivity contribution is 0.340. The van der Waals surface area contributed by atoms with Crippen molar-refractivity contribution in [3.05, 3.63) is 34.3 Å². The minimum atomic E-state index is 0.748. The molecular formula is C12H14BrN3. The second kappa shape index (κ2) is 3.86. The summed E-state index contributed by atoms with van der Waals surface area (Å²) in [5.41, 5.74) is 2.46. The van der Waals surface area contributed by atoms with E-state index in [1.165, 1.54) is 11.1 Å². The molecule has 1 aliphatic heterocycles. The van der Waals surface area contributed by atoms with Crippen molar-refractivity contribution in [1.82, 2.24) is 14.7 Å². The van der Waals surface area contributed by atoms with Gasteiger partial charge in [0.2, 0.25) is 0 Å². The molecule has 4 heteroatoms. The molecule has 3 nitrogen and oxygen atoms in total. The van der Waals surface area contributed by atoms with Gasteiger partial charge in [-0.15, -0.1) is 0 Å². The standard InChI is InChI=1S/C12H14BrN3/c1-8-3-2-4-16-10(5-9-6-14-7-9)15-12(13)11(8)16/h2-4,9,14H,5-7H2,1H3. The Hall–Kier alpha value is -0.870. The van der Waals surface area contributed by atoms with Gasteiger partial charge in [-0.1, -0.05) is 6.07 Å². The zero-order valence-electron chi connectivity index (χ0n) is 9.20. The van der Waals surface area contributed by atoms with E-state index in [-0.39, 0.29) is 0 Å². The summed E-state index contributed by atoms with van der Waals surface area (Å²) in [5.74, 6) is 1.91. The first-order chi connectivity index (χ1) is 7.75. The van der Waals surface area contributed by atoms with Gasteiger partial charge >= 0.3 is 0 Å². The van der Waals surface area contributed by atoms with E-state index in [0.717, 1.165) is 35.9 Å². The average molecular weight is 280 g/mol. The molecule has 0 aliphatic carbocycles. The third kappa shape index (κ3) is 1.57. The summed E-state index contributed by atoms with van der Waals surface area (Å²) in [4.78, 5) is 4.62. The predicted molar refractivity (Wildman–Crippen MR) is 67.7 cm³/mol. The molecule has 3 heterocycles. The number of fused-ring (bicyclic) bond motifs is 1. The van der Waals surface area contributed by atoms with Crippen molar-refractivity contribution in [2.24, 2.45) is 5.92 Å². The molecule has 1 saturated heterocycles. The van der Waals surface area contributed by atoms with Gasteiger partial charge in [0.1, 0.15) is 10.4 Å². The second-order valence-corrected chi connectivity index (χ2v) is 5.21. The van der Waals surface area contributed by atoms with Crippen LogP contribution in [0.25, 0.3) is 5.52 Å². The number of aromatic nitrogens is 2. The number of rotatable bonds is 2. The topological polar surface area (TPSA) is 29.3 Å². The van der Waals surface area contributed by atoms with E-state index in [9.17, 15) is 0 Å². The second-order valence-electron chi connectivity index (χ2n) is 4.46. The van der Waals surface area contributed by atoms with Gasteiger partial charge in [0.15, 0.2) is 0 Å². The van der Waals surface area contributed by atoms with Gasteiger partial charge in [-0.3, -0.25) is 0 Å². The molecule has 1 N–H and O–H groups in total. The summed E-state index contributed by atoms with van der Waals surface area (Å²) in [5, 5.41) is 3.30. The largest absolute Gasteiger partial charge is 0.316 e. The summed E-state index contributed by atoms with van der Waals surface area (Å²) < 4.78 is 3.17. The molecule has 0 saturated carbocycles. The average Bonchev–Trinajstić information content (AvgIpc) is 2.51. The van der Waals surface area contributed by atoms with Crippen LogP contribution in [-0.4, -0.2) is 22.5 Å². The molecule has 3 rings (SSSR count). The van der Waals surface area contributed by atoms with Crippen LogP contribution >= 0.6 is 15.9 Å². The molecule has 0 unspecified atom stereocenters. The Kier molecular flexibility index (Phi) is 2.48. The lowest BCUT2D eigenvalue weighted by atomic mass is 9.99. The normalized spacial score (nSPS) is 16.6. The van der Waals surface area contributed by atoms with Gasteiger partial charge < -0.3 is 9.72 Å². The number of imidazole rings is 1. The van der Waals surface area contributed by atoms with Gasteiger partial charge in [-0.2, -0.15) is 0 Å². The molecule has 84 valence electrons. The number of nitrogens with one attached hydrogen (secondary N) is 1. The van der Waals surface area contributed by atoms with Crippen molar-refractivity contribution in [2.45, 2.75) is 13.3 Å². The number of aryl methyl sites for hydroxylation is 1. The summed E-state index contributed by atoms with van der Waals surface area (Å²) in [6, 6.07) is 4.20. The van der Waals surface area contributed by atoms with Gasteiger partial charge in [0.25, 0.3) is 0 Å². The van der Waals surface area contributed by atoms with Crippen molar-refractivity contribution < 1.29 is 0 Å². The van der Waals surface area contributed by atoms with Crippen LogP contribution in [0, 0.1) is 12.8 Å². The SMILES string of the molecule is Cc1cccn2c(CC3CNC3)nc(Br)c12. The van der Waals surface area contributed by atoms with Crippen LogP contribution in [0.4, 0.5) is 0 Å². The van der Waals surface area contributed by atoms with Gasteiger partial charge in [0.05, 0.1) is 5.52 Å². The Bertz CT molecular complexity index is 528. The lowest BCUT2D eigenvalue weighted by Crippen LogP contribution is -2.43. The van der Waals surface area contributed by atoms with Gasteiger partial charge in [-0.05, 0) is 53.5 Å². The molecule has 0 bridgehead atoms. The maximum atomic E-state index is 4.62. The Morgan fingerprint density at radius 3 is 3.06 bits per heavy atom. The molecule has 1 aliphatic rings. The van der Waals surface area contributed by atoms with E-state index in [2.05, 4.69) is 55.9 Å². The quantitative estimate of drug-likeness (QED) is 0.913. The zero-order valence-corrected chi connectivity index (χ0v) is 10.8. The molecule has 16 heavy (non-hydrogen) atoms. The zero-order chi connectivity index (χ0) is 11.1. The van der Waals surface area contributed by atoms with Crippen molar-refractivity contribution in [3.8, 4) is 0 Å². The third-order valence-electron chi connectivity index (χ3n) is 3.23. The Morgan fingerprint density at radius 2 is 2.38 bits per heavy atom. The number of hydrogen-bond donors (Lipinski definition) is 1. The van der Waals surface area contributed by atoms with E-state index < -0.39 is 0 Å². The van der Waals surface area contributed by atoms with E-state index in [4.69, 9.17) is 0 Å². The fraction of sp³-hybridized carbons (Fsp3) is 0.417. The van der Waals surface area contributed by atoms with Crippen LogP contribution in [0.3, 0.4) is 0 Å². The summed E-state index contributed by atoms with van der Waals surface area (Å²) in [6.45, 7) is 4.37. The monoisotopic (exact) mass is 279 g/mol. The fourth-order valence-electron chi connectivity index (χ4n) is 2.21. The van der Waals surface area contributed by atoms with Crippen LogP contribution in [-0.2, 0) is 6.42 Å². The molecule has 0 aromatic carbocycles. The van der Waals surface area contributed by atoms with Crippen LogP contribution < -0.4 is 5.32 Å². The molecule has 2 aromatic rings. The van der Waals surface area contributed by atoms with E-state index in [1.54, 1.807) is 0 Å². The van der Waals surface area contributed by atoms with Crippen molar-refractivity contribution in [3.63, 3.8) is 0 Å². The highest BCUT2D eigenvalue weighted by Crippen LogP contribution is 2.24. The third-order valence-corrected chi connectivity index (χ3v) is 3.79. The van der Waals surface area contributed by atoms with Crippen LogP contribution in [0.2, 0.25) is 0 Å². The Labute approximate surface area is 103 Å². The smallest absolute Gasteiger partial charge is 0.132 e. The molecule has 0 atom stereocenters. The maximum absolute atomic E-state index is 4.62. The van der Waals surface area contributed by atoms with Crippen molar-refractivity contribution >= 4 is 21.4 Å². The molecule has 0 spiro atoms. The van der Waals surface area contributed by atoms with E-state index in [0.29, 0.717) is 0 Å². The summed E-state index contributed by atoms with van der Waals surface area (Å²) >= 11 is 3.55. The molecule has 1 fully saturated rings. The molecule has 2 aromatic heterocycles. The van der Waals surface area contributed by atoms with Crippen LogP contribution in [0.15, 0.2) is 22.9 Å². The number of hydrogen-bond acceptors (Lipinski definition) is 2. The Morgan fingerprint density at radius 1 is 1.56 bits per heavy atom. The molecule has 0 amide bonds. The maximum Gasteiger partial charge on any atom is 0.132 e. The Balaban J connectivity index is 2.07. The first-order valence-corrected chi connectivity index (χ1v) is 6.38. The molecular weight excluding hydrogens is 266 g/mol. The summed E-state index contributed by atoms with van der Waals surface area (Å²) in [6.07, 6.45) is 3.16. The minimum absolute atomic E-state index is 0.748. The number of halogens is 1. The number of nitrogens with zero attached hydrogens (tertiary/aromatic N) is 2. The highest BCUT2D eigenvalue weighted by molar-refractivity contribution is 9.10. The van der Waals surface area contributed by atoms with Crippen LogP contribution in [0.5, 0.6) is 0 Å². The van der Waals surface area contributed by atoms with E-state index in [1.807, 2.05) is 0 Å². The first-order valence-electron chi connectivity index (χ1n) is 5.58. The first kappa shape index (κ1) is 10.3. The van der Waals surface area contributed by atoms with Crippen molar-refractivity contribution in [2.75, 3.05) is 13.1 Å². The highest BCUT2D eigenvalue weighted by atomic mass is 79.9. The lowest BCUT2D eigenvalue weighted by Gasteiger charge is -2.26.